The molecule has 38 heavy (non-hydrogen) atoms. The summed E-state index contributed by atoms with van der Waals surface area (Å²) in [6, 6.07) is 34.4. The van der Waals surface area contributed by atoms with Crippen LogP contribution in [0, 0.1) is 6.92 Å². The van der Waals surface area contributed by atoms with Crippen molar-refractivity contribution in [3.63, 3.8) is 0 Å². The van der Waals surface area contributed by atoms with Crippen LogP contribution in [0.5, 0.6) is 0 Å². The summed E-state index contributed by atoms with van der Waals surface area (Å²) in [7, 11) is 0. The van der Waals surface area contributed by atoms with Crippen LogP contribution in [0.1, 0.15) is 46.7 Å². The Labute approximate surface area is 223 Å². The van der Waals surface area contributed by atoms with Gasteiger partial charge in [-0.15, -0.1) is 0 Å². The van der Waals surface area contributed by atoms with Gasteiger partial charge in [-0.3, -0.25) is 14.2 Å². The van der Waals surface area contributed by atoms with Gasteiger partial charge in [-0.1, -0.05) is 85.3 Å². The molecule has 1 aromatic heterocycles. The molecule has 0 radical (unpaired) electrons. The molecule has 0 N–H and O–H groups in total. The Morgan fingerprint density at radius 2 is 1.47 bits per heavy atom. The van der Waals surface area contributed by atoms with E-state index in [0.717, 1.165) is 16.8 Å². The minimum atomic E-state index is -0.412. The molecule has 1 unspecified atom stereocenters. The molecule has 1 atom stereocenters. The predicted molar refractivity (Wildman–Crippen MR) is 153 cm³/mol. The van der Waals surface area contributed by atoms with E-state index in [9.17, 15) is 9.59 Å². The van der Waals surface area contributed by atoms with Gasteiger partial charge in [0.2, 0.25) is 0 Å². The fourth-order valence-corrected chi connectivity index (χ4v) is 4.90. The lowest BCUT2D eigenvalue weighted by atomic mass is 10.0. The van der Waals surface area contributed by atoms with Crippen molar-refractivity contribution in [1.29, 1.82) is 0 Å². The van der Waals surface area contributed by atoms with Gasteiger partial charge in [0.05, 0.1) is 22.6 Å². The SMILES string of the molecule is CCC(c1nc2ccccc2c(=O)n1-c1ccccc1)N(CCc1ccccc1)C(=O)c1ccc(C)cc1. The predicted octanol–water partition coefficient (Wildman–Crippen LogP) is 6.53. The van der Waals surface area contributed by atoms with Crippen LogP contribution in [0.2, 0.25) is 0 Å². The molecule has 5 heteroatoms. The summed E-state index contributed by atoms with van der Waals surface area (Å²) in [6.07, 6.45) is 1.29. The summed E-state index contributed by atoms with van der Waals surface area (Å²) in [6.45, 7) is 4.54. The van der Waals surface area contributed by atoms with E-state index in [1.807, 2.05) is 110 Å². The first-order valence-corrected chi connectivity index (χ1v) is 13.1. The molecule has 4 aromatic carbocycles. The largest absolute Gasteiger partial charge is 0.328 e. The average Bonchev–Trinajstić information content (AvgIpc) is 2.96. The minimum absolute atomic E-state index is 0.0743. The number of aryl methyl sites for hydroxylation is 1. The molecule has 0 fully saturated rings. The summed E-state index contributed by atoms with van der Waals surface area (Å²) >= 11 is 0. The third-order valence-electron chi connectivity index (χ3n) is 6.92. The van der Waals surface area contributed by atoms with Crippen LogP contribution < -0.4 is 5.56 Å². The molecule has 5 rings (SSSR count). The van der Waals surface area contributed by atoms with E-state index in [1.165, 1.54) is 0 Å². The van der Waals surface area contributed by atoms with Crippen LogP contribution in [-0.4, -0.2) is 26.9 Å². The van der Waals surface area contributed by atoms with Crippen LogP contribution in [-0.2, 0) is 6.42 Å². The first-order chi connectivity index (χ1) is 18.6. The minimum Gasteiger partial charge on any atom is -0.328 e. The molecule has 190 valence electrons. The van der Waals surface area contributed by atoms with Crippen molar-refractivity contribution < 1.29 is 4.79 Å². The number of rotatable bonds is 8. The highest BCUT2D eigenvalue weighted by Gasteiger charge is 2.29. The molecule has 5 nitrogen and oxygen atoms in total. The van der Waals surface area contributed by atoms with Crippen molar-refractivity contribution in [2.24, 2.45) is 0 Å². The van der Waals surface area contributed by atoms with E-state index < -0.39 is 6.04 Å². The Kier molecular flexibility index (Phi) is 7.45. The topological polar surface area (TPSA) is 55.2 Å². The van der Waals surface area contributed by atoms with Crippen LogP contribution in [0.15, 0.2) is 114 Å². The maximum atomic E-state index is 14.1. The van der Waals surface area contributed by atoms with Gasteiger partial charge in [0.1, 0.15) is 5.82 Å². The van der Waals surface area contributed by atoms with Gasteiger partial charge in [-0.2, -0.15) is 0 Å². The zero-order chi connectivity index (χ0) is 26.5. The monoisotopic (exact) mass is 501 g/mol. The first-order valence-electron chi connectivity index (χ1n) is 13.1. The zero-order valence-corrected chi connectivity index (χ0v) is 21.7. The molecule has 1 amide bonds. The number of carbonyl (C=O) groups is 1. The number of hydrogen-bond donors (Lipinski definition) is 0. The summed E-state index contributed by atoms with van der Waals surface area (Å²) in [4.78, 5) is 34.8. The molecule has 0 spiro atoms. The van der Waals surface area contributed by atoms with Gasteiger partial charge < -0.3 is 4.90 Å². The quantitative estimate of drug-likeness (QED) is 0.243. The van der Waals surface area contributed by atoms with Gasteiger partial charge in [0, 0.05) is 12.1 Å². The molecule has 0 aliphatic carbocycles. The molecule has 0 bridgehead atoms. The van der Waals surface area contributed by atoms with Crippen molar-refractivity contribution in [2.75, 3.05) is 6.54 Å². The van der Waals surface area contributed by atoms with Gasteiger partial charge in [0.25, 0.3) is 11.5 Å². The number of hydrogen-bond acceptors (Lipinski definition) is 3. The summed E-state index contributed by atoms with van der Waals surface area (Å²) in [5, 5.41) is 0.552. The number of aromatic nitrogens is 2. The first kappa shape index (κ1) is 25.2. The van der Waals surface area contributed by atoms with Gasteiger partial charge in [-0.25, -0.2) is 4.98 Å². The molecular formula is C33H31N3O2. The number of amides is 1. The Hall–Kier alpha value is -4.51. The van der Waals surface area contributed by atoms with E-state index >= 15 is 0 Å². The Balaban J connectivity index is 1.67. The molecule has 5 aromatic rings. The molecule has 0 aliphatic heterocycles. The highest BCUT2D eigenvalue weighted by Crippen LogP contribution is 2.28. The van der Waals surface area contributed by atoms with E-state index in [-0.39, 0.29) is 11.5 Å². The summed E-state index contributed by atoms with van der Waals surface area (Å²) in [5.41, 5.74) is 4.09. The van der Waals surface area contributed by atoms with Crippen molar-refractivity contribution in [2.45, 2.75) is 32.7 Å². The van der Waals surface area contributed by atoms with Crippen molar-refractivity contribution in [1.82, 2.24) is 14.5 Å². The van der Waals surface area contributed by atoms with Crippen LogP contribution in [0.25, 0.3) is 16.6 Å². The molecule has 0 saturated carbocycles. The van der Waals surface area contributed by atoms with E-state index in [4.69, 9.17) is 4.98 Å². The lowest BCUT2D eigenvalue weighted by Crippen LogP contribution is -2.39. The van der Waals surface area contributed by atoms with Gasteiger partial charge in [0.15, 0.2) is 0 Å². The number of carbonyl (C=O) groups excluding carboxylic acids is 1. The Bertz CT molecular complexity index is 1590. The number of para-hydroxylation sites is 2. The van der Waals surface area contributed by atoms with E-state index in [0.29, 0.717) is 41.7 Å². The smallest absolute Gasteiger partial charge is 0.266 e. The number of benzene rings is 4. The standard InChI is InChI=1S/C33H31N3O2/c1-3-30(31-34-29-17-11-10-16-28(29)33(38)36(31)27-14-8-5-9-15-27)35(23-22-25-12-6-4-7-13-25)32(37)26-20-18-24(2)19-21-26/h4-21,30H,3,22-23H2,1-2H3. The lowest BCUT2D eigenvalue weighted by Gasteiger charge is -2.32. The normalized spacial score (nSPS) is 11.8. The Morgan fingerprint density at radius 3 is 2.16 bits per heavy atom. The van der Waals surface area contributed by atoms with Crippen LogP contribution >= 0.6 is 0 Å². The van der Waals surface area contributed by atoms with Crippen LogP contribution in [0.4, 0.5) is 0 Å². The average molecular weight is 502 g/mol. The lowest BCUT2D eigenvalue weighted by molar-refractivity contribution is 0.0662. The highest BCUT2D eigenvalue weighted by atomic mass is 16.2. The number of nitrogens with zero attached hydrogens (tertiary/aromatic N) is 3. The maximum Gasteiger partial charge on any atom is 0.266 e. The molecule has 0 saturated heterocycles. The fourth-order valence-electron chi connectivity index (χ4n) is 4.90. The zero-order valence-electron chi connectivity index (χ0n) is 21.7. The van der Waals surface area contributed by atoms with E-state index in [2.05, 4.69) is 12.1 Å². The van der Waals surface area contributed by atoms with Gasteiger partial charge >= 0.3 is 0 Å². The summed E-state index contributed by atoms with van der Waals surface area (Å²) < 4.78 is 1.68. The van der Waals surface area contributed by atoms with Crippen LogP contribution in [0.3, 0.4) is 0 Å². The van der Waals surface area contributed by atoms with Gasteiger partial charge in [-0.05, 0) is 61.7 Å². The fraction of sp³-hybridized carbons (Fsp3) is 0.182. The highest BCUT2D eigenvalue weighted by molar-refractivity contribution is 5.94. The van der Waals surface area contributed by atoms with Crippen molar-refractivity contribution >= 4 is 16.8 Å². The number of fused-ring (bicyclic) bond motifs is 1. The van der Waals surface area contributed by atoms with Crippen molar-refractivity contribution in [3.8, 4) is 5.69 Å². The third-order valence-corrected chi connectivity index (χ3v) is 6.92. The maximum absolute atomic E-state index is 14.1. The Morgan fingerprint density at radius 1 is 0.842 bits per heavy atom. The second kappa shape index (κ2) is 11.3. The van der Waals surface area contributed by atoms with Crippen molar-refractivity contribution in [3.05, 3.63) is 142 Å². The van der Waals surface area contributed by atoms with E-state index in [1.54, 1.807) is 10.6 Å². The second-order valence-electron chi connectivity index (χ2n) is 9.49. The summed E-state index contributed by atoms with van der Waals surface area (Å²) in [5.74, 6) is 0.491. The second-order valence-corrected chi connectivity index (χ2v) is 9.49. The molecular weight excluding hydrogens is 470 g/mol. The molecule has 0 aliphatic rings. The third kappa shape index (κ3) is 5.14. The molecule has 1 heterocycles.